The summed E-state index contributed by atoms with van der Waals surface area (Å²) in [4.78, 5) is 4.80. The molecule has 0 radical (unpaired) electrons. The molecule has 0 bridgehead atoms. The third kappa shape index (κ3) is 11.0. The van der Waals surface area contributed by atoms with Crippen LogP contribution in [0.25, 0.3) is 97.7 Å². The maximum absolute atomic E-state index is 3.66. The molecule has 0 spiro atoms. The van der Waals surface area contributed by atoms with Crippen molar-refractivity contribution in [2.24, 2.45) is 0 Å². The van der Waals surface area contributed by atoms with E-state index in [9.17, 15) is 0 Å². The Morgan fingerprint density at radius 2 is 0.606 bits per heavy atom. The van der Waals surface area contributed by atoms with E-state index in [2.05, 4.69) is 396 Å². The SMILES string of the molecule is CC1(C)c2cc(Br)ccc2-c2c1c1ccc(Br)cc1c1ccccc21.CC1(C)c2cc(N(c3ccccc3)c3ccc4ccccc4c3)ccc2-c2c1c1ccc(N(c3ccccc3)c3ccc4ccccc4c3)cc1c1ccccc21.c1ccc(Nc2ccc3ccccc3c2)cc1. The average molecular weight is 1400 g/mol. The van der Waals surface area contributed by atoms with E-state index in [1.165, 1.54) is 120 Å². The Balaban J connectivity index is 0.000000142. The summed E-state index contributed by atoms with van der Waals surface area (Å²) in [6, 6.07) is 123. The number of fused-ring (bicyclic) bond motifs is 19. The number of nitrogens with zero attached hydrogens (tertiary/aromatic N) is 2. The van der Waals surface area contributed by atoms with Crippen LogP contribution in [-0.2, 0) is 10.8 Å². The fraction of sp³-hybridized carbons (Fsp3) is 0.0638. The molecule has 0 fully saturated rings. The molecule has 2 aliphatic rings. The van der Waals surface area contributed by atoms with E-state index in [0.717, 1.165) is 54.4 Å². The first-order valence-electron chi connectivity index (χ1n) is 34.0. The standard InChI is InChI=1S/C55H40N2.C23H16Br2.C16H13N/c1-55(2)52-36-46(57(42-21-7-4-8-22-42)44-28-26-38-16-10-12-18-40(38)34-44)30-32-50(52)53-48-24-14-13-23-47(48)51-35-45(29-31-49(51)54(53)55)56(41-19-5-3-6-20-41)43-27-25-37-15-9-11-17-39(37)33-43;1-23(2)20-12-14(25)8-10-18(20)21-16-6-4-3-5-15(16)19-11-13(24)7-9-17(19)22(21)23;1-2-8-15(9-3-1)17-16-11-10-13-6-4-5-7-14(13)12-16/h3-36H,1-2H3;3-12H,1-2H3;1-12,17H. The first kappa shape index (κ1) is 61.5. The van der Waals surface area contributed by atoms with Gasteiger partial charge in [0.15, 0.2) is 0 Å². The summed E-state index contributed by atoms with van der Waals surface area (Å²) in [6.45, 7) is 9.52. The highest BCUT2D eigenvalue weighted by Crippen LogP contribution is 2.58. The third-order valence-electron chi connectivity index (χ3n) is 20.5. The maximum atomic E-state index is 3.66. The van der Waals surface area contributed by atoms with Gasteiger partial charge in [-0.1, -0.05) is 278 Å². The molecule has 0 atom stereocenters. The van der Waals surface area contributed by atoms with Gasteiger partial charge in [0.2, 0.25) is 0 Å². The molecule has 5 heteroatoms. The summed E-state index contributed by atoms with van der Waals surface area (Å²) in [5.74, 6) is 0. The van der Waals surface area contributed by atoms with Crippen LogP contribution in [0, 0.1) is 0 Å². The lowest BCUT2D eigenvalue weighted by atomic mass is 9.79. The Bertz CT molecular complexity index is 6000. The van der Waals surface area contributed by atoms with Crippen LogP contribution < -0.4 is 15.1 Å². The van der Waals surface area contributed by atoms with Crippen molar-refractivity contribution in [2.45, 2.75) is 38.5 Å². The van der Waals surface area contributed by atoms with Crippen molar-refractivity contribution in [3.63, 3.8) is 0 Å². The number of hydrogen-bond acceptors (Lipinski definition) is 3. The van der Waals surface area contributed by atoms with Gasteiger partial charge in [-0.05, 0) is 241 Å². The van der Waals surface area contributed by atoms with Gasteiger partial charge in [0.1, 0.15) is 0 Å². The summed E-state index contributed by atoms with van der Waals surface area (Å²) in [6.07, 6.45) is 0. The van der Waals surface area contributed by atoms with E-state index in [0.29, 0.717) is 0 Å². The van der Waals surface area contributed by atoms with E-state index in [1.54, 1.807) is 0 Å². The number of anilines is 8. The van der Waals surface area contributed by atoms with Crippen molar-refractivity contribution in [2.75, 3.05) is 15.1 Å². The van der Waals surface area contributed by atoms with Crippen LogP contribution in [0.5, 0.6) is 0 Å². The lowest BCUT2D eigenvalue weighted by molar-refractivity contribution is 0.666. The molecule has 0 unspecified atom stereocenters. The van der Waals surface area contributed by atoms with Gasteiger partial charge in [-0.15, -0.1) is 0 Å². The Hall–Kier alpha value is -11.1. The highest BCUT2D eigenvalue weighted by Gasteiger charge is 2.41. The van der Waals surface area contributed by atoms with Gasteiger partial charge in [0.25, 0.3) is 0 Å². The fourth-order valence-corrected chi connectivity index (χ4v) is 16.6. The van der Waals surface area contributed by atoms with Gasteiger partial charge in [-0.2, -0.15) is 0 Å². The lowest BCUT2D eigenvalue weighted by Crippen LogP contribution is -2.17. The van der Waals surface area contributed by atoms with Crippen molar-refractivity contribution in [1.29, 1.82) is 0 Å². The summed E-state index contributed by atoms with van der Waals surface area (Å²) in [5, 5.41) is 21.3. The van der Waals surface area contributed by atoms with Crippen molar-refractivity contribution < 1.29 is 0 Å². The Morgan fingerprint density at radius 1 is 0.242 bits per heavy atom. The van der Waals surface area contributed by atoms with E-state index >= 15 is 0 Å². The second kappa shape index (κ2) is 25.1. The first-order chi connectivity index (χ1) is 48.4. The van der Waals surface area contributed by atoms with Gasteiger partial charge in [-0.25, -0.2) is 0 Å². The van der Waals surface area contributed by atoms with Gasteiger partial charge >= 0.3 is 0 Å². The van der Waals surface area contributed by atoms with Gasteiger partial charge in [-0.3, -0.25) is 0 Å². The van der Waals surface area contributed by atoms with E-state index in [1.807, 2.05) is 18.2 Å². The molecule has 2 aliphatic carbocycles. The summed E-state index contributed by atoms with van der Waals surface area (Å²) in [7, 11) is 0. The zero-order chi connectivity index (χ0) is 66.9. The molecular weight excluding hydrogens is 1330 g/mol. The number of halogens is 2. The smallest absolute Gasteiger partial charge is 0.0468 e. The Labute approximate surface area is 595 Å². The van der Waals surface area contributed by atoms with Crippen molar-refractivity contribution in [3.05, 3.63) is 371 Å². The normalized spacial score (nSPS) is 12.9. The number of nitrogens with one attached hydrogen (secondary N) is 1. The highest BCUT2D eigenvalue weighted by atomic mass is 79.9. The third-order valence-corrected chi connectivity index (χ3v) is 21.4. The highest BCUT2D eigenvalue weighted by molar-refractivity contribution is 9.10. The minimum absolute atomic E-state index is 0.0233. The van der Waals surface area contributed by atoms with E-state index in [-0.39, 0.29) is 10.8 Å². The lowest BCUT2D eigenvalue weighted by Gasteiger charge is -2.29. The maximum Gasteiger partial charge on any atom is 0.0468 e. The number of rotatable bonds is 8. The molecule has 0 aliphatic heterocycles. The molecule has 17 aromatic carbocycles. The predicted octanol–water partition coefficient (Wildman–Crippen LogP) is 28.0. The molecule has 0 saturated heterocycles. The monoisotopic (exact) mass is 1400 g/mol. The van der Waals surface area contributed by atoms with Gasteiger partial charge in [0, 0.05) is 65.3 Å². The minimum atomic E-state index is -0.256. The van der Waals surface area contributed by atoms with Gasteiger partial charge < -0.3 is 15.1 Å². The molecule has 99 heavy (non-hydrogen) atoms. The van der Waals surface area contributed by atoms with E-state index < -0.39 is 0 Å². The Kier molecular flexibility index (Phi) is 15.6. The van der Waals surface area contributed by atoms with Crippen LogP contribution in [0.4, 0.5) is 45.5 Å². The molecule has 474 valence electrons. The van der Waals surface area contributed by atoms with Crippen LogP contribution in [0.15, 0.2) is 349 Å². The quantitative estimate of drug-likeness (QED) is 0.153. The molecule has 3 nitrogen and oxygen atoms in total. The van der Waals surface area contributed by atoms with Crippen LogP contribution in [-0.4, -0.2) is 0 Å². The molecule has 0 saturated carbocycles. The molecule has 1 N–H and O–H groups in total. The second-order valence-corrected chi connectivity index (χ2v) is 29.0. The van der Waals surface area contributed by atoms with Gasteiger partial charge in [0.05, 0.1) is 0 Å². The largest absolute Gasteiger partial charge is 0.356 e. The molecule has 17 aromatic rings. The number of para-hydroxylation sites is 3. The van der Waals surface area contributed by atoms with Crippen molar-refractivity contribution in [3.8, 4) is 22.3 Å². The summed E-state index contributed by atoms with van der Waals surface area (Å²) < 4.78 is 2.27. The molecule has 0 aromatic heterocycles. The molecular formula is C94H69Br2N3. The fourth-order valence-electron chi connectivity index (χ4n) is 15.9. The topological polar surface area (TPSA) is 18.5 Å². The summed E-state index contributed by atoms with van der Waals surface area (Å²) in [5.41, 5.74) is 19.8. The van der Waals surface area contributed by atoms with Crippen LogP contribution in [0.3, 0.4) is 0 Å². The average Bonchev–Trinajstić information content (AvgIpc) is 1.56. The molecule has 0 amide bonds. The van der Waals surface area contributed by atoms with Crippen LogP contribution >= 0.6 is 31.9 Å². The minimum Gasteiger partial charge on any atom is -0.356 e. The van der Waals surface area contributed by atoms with Crippen molar-refractivity contribution in [1.82, 2.24) is 0 Å². The first-order valence-corrected chi connectivity index (χ1v) is 35.6. The Morgan fingerprint density at radius 3 is 1.14 bits per heavy atom. The van der Waals surface area contributed by atoms with Crippen molar-refractivity contribution >= 4 is 153 Å². The molecule has 0 heterocycles. The number of benzene rings is 17. The van der Waals surface area contributed by atoms with E-state index in [4.69, 9.17) is 0 Å². The zero-order valence-corrected chi connectivity index (χ0v) is 58.7. The van der Waals surface area contributed by atoms with Crippen LogP contribution in [0.1, 0.15) is 49.9 Å². The zero-order valence-electron chi connectivity index (χ0n) is 55.5. The number of hydrogen-bond donors (Lipinski definition) is 1. The predicted molar refractivity (Wildman–Crippen MR) is 431 cm³/mol. The summed E-state index contributed by atoms with van der Waals surface area (Å²) >= 11 is 7.32. The van der Waals surface area contributed by atoms with Crippen LogP contribution in [0.2, 0.25) is 0 Å². The second-order valence-electron chi connectivity index (χ2n) is 27.1. The molecule has 19 rings (SSSR count).